The molecule has 0 aliphatic carbocycles. The molecule has 0 N–H and O–H groups in total. The van der Waals surface area contributed by atoms with Gasteiger partial charge in [-0.3, -0.25) is 0 Å². The standard InChI is InChI=1S/C12H7BrN2OS/c13-10-3-1-9-6-11(4-2-8(9)5-10)16-12-14-7-15-17-12/h1-7H. The van der Waals surface area contributed by atoms with Gasteiger partial charge in [-0.05, 0) is 35.0 Å². The highest BCUT2D eigenvalue weighted by Gasteiger charge is 2.02. The zero-order valence-electron chi connectivity index (χ0n) is 8.63. The van der Waals surface area contributed by atoms with Crippen molar-refractivity contribution in [1.82, 2.24) is 9.36 Å². The van der Waals surface area contributed by atoms with Crippen LogP contribution in [0, 0.1) is 0 Å². The van der Waals surface area contributed by atoms with Crippen molar-refractivity contribution in [2.24, 2.45) is 0 Å². The van der Waals surface area contributed by atoms with Crippen LogP contribution in [-0.4, -0.2) is 9.36 Å². The summed E-state index contributed by atoms with van der Waals surface area (Å²) >= 11 is 4.69. The summed E-state index contributed by atoms with van der Waals surface area (Å²) in [6.07, 6.45) is 1.48. The molecule has 3 nitrogen and oxygen atoms in total. The average molecular weight is 307 g/mol. The largest absolute Gasteiger partial charge is 0.430 e. The number of ether oxygens (including phenoxy) is 1. The molecular formula is C12H7BrN2OS. The molecule has 0 spiro atoms. The summed E-state index contributed by atoms with van der Waals surface area (Å²) < 4.78 is 10.6. The van der Waals surface area contributed by atoms with Crippen LogP contribution >= 0.6 is 27.5 Å². The lowest BCUT2D eigenvalue weighted by molar-refractivity contribution is 0.479. The molecule has 17 heavy (non-hydrogen) atoms. The highest BCUT2D eigenvalue weighted by atomic mass is 79.9. The quantitative estimate of drug-likeness (QED) is 0.710. The van der Waals surface area contributed by atoms with E-state index in [9.17, 15) is 0 Å². The van der Waals surface area contributed by atoms with Crippen molar-refractivity contribution >= 4 is 38.2 Å². The van der Waals surface area contributed by atoms with Gasteiger partial charge >= 0.3 is 0 Å². The first-order valence-electron chi connectivity index (χ1n) is 4.95. The minimum Gasteiger partial charge on any atom is -0.430 e. The molecule has 0 atom stereocenters. The van der Waals surface area contributed by atoms with Crippen molar-refractivity contribution < 1.29 is 4.74 Å². The predicted molar refractivity (Wildman–Crippen MR) is 71.6 cm³/mol. The lowest BCUT2D eigenvalue weighted by atomic mass is 10.1. The molecule has 3 rings (SSSR count). The third-order valence-electron chi connectivity index (χ3n) is 2.32. The number of hydrogen-bond donors (Lipinski definition) is 0. The van der Waals surface area contributed by atoms with E-state index in [0.29, 0.717) is 5.19 Å². The lowest BCUT2D eigenvalue weighted by Gasteiger charge is -2.03. The molecule has 84 valence electrons. The number of halogens is 1. The number of fused-ring (bicyclic) bond motifs is 1. The molecule has 3 aromatic rings. The molecular weight excluding hydrogens is 300 g/mol. The van der Waals surface area contributed by atoms with Crippen LogP contribution in [0.25, 0.3) is 10.8 Å². The summed E-state index contributed by atoms with van der Waals surface area (Å²) in [5, 5.41) is 2.86. The molecule has 0 fully saturated rings. The fourth-order valence-corrected chi connectivity index (χ4v) is 2.36. The van der Waals surface area contributed by atoms with Gasteiger partial charge in [0, 0.05) is 16.0 Å². The number of aromatic nitrogens is 2. The molecule has 0 bridgehead atoms. The van der Waals surface area contributed by atoms with Gasteiger partial charge in [0.2, 0.25) is 0 Å². The van der Waals surface area contributed by atoms with Gasteiger partial charge in [0.1, 0.15) is 12.1 Å². The normalized spacial score (nSPS) is 10.6. The van der Waals surface area contributed by atoms with Gasteiger partial charge in [-0.1, -0.05) is 28.1 Å². The molecule has 0 saturated heterocycles. The Morgan fingerprint density at radius 1 is 1.06 bits per heavy atom. The molecule has 0 amide bonds. The minimum atomic E-state index is 0.557. The zero-order chi connectivity index (χ0) is 11.7. The van der Waals surface area contributed by atoms with E-state index in [1.54, 1.807) is 0 Å². The third-order valence-corrected chi connectivity index (χ3v) is 3.36. The van der Waals surface area contributed by atoms with Crippen LogP contribution in [0.15, 0.2) is 47.2 Å². The van der Waals surface area contributed by atoms with Crippen LogP contribution in [0.5, 0.6) is 10.9 Å². The van der Waals surface area contributed by atoms with Crippen molar-refractivity contribution in [2.45, 2.75) is 0 Å². The van der Waals surface area contributed by atoms with Crippen molar-refractivity contribution in [2.75, 3.05) is 0 Å². The summed E-state index contributed by atoms with van der Waals surface area (Å²) in [7, 11) is 0. The summed E-state index contributed by atoms with van der Waals surface area (Å²) in [5.41, 5.74) is 0. The van der Waals surface area contributed by atoms with E-state index < -0.39 is 0 Å². The van der Waals surface area contributed by atoms with Crippen LogP contribution in [-0.2, 0) is 0 Å². The average Bonchev–Trinajstić information content (AvgIpc) is 2.82. The zero-order valence-corrected chi connectivity index (χ0v) is 11.0. The van der Waals surface area contributed by atoms with Crippen molar-refractivity contribution in [3.05, 3.63) is 47.2 Å². The summed E-state index contributed by atoms with van der Waals surface area (Å²) in [5.74, 6) is 0.775. The van der Waals surface area contributed by atoms with Crippen molar-refractivity contribution in [3.63, 3.8) is 0 Å². The highest BCUT2D eigenvalue weighted by Crippen LogP contribution is 2.27. The van der Waals surface area contributed by atoms with E-state index >= 15 is 0 Å². The van der Waals surface area contributed by atoms with E-state index in [1.807, 2.05) is 30.3 Å². The van der Waals surface area contributed by atoms with Gasteiger partial charge in [-0.25, -0.2) is 0 Å². The molecule has 0 aliphatic rings. The van der Waals surface area contributed by atoms with E-state index in [4.69, 9.17) is 4.74 Å². The molecule has 1 heterocycles. The number of hydrogen-bond acceptors (Lipinski definition) is 4. The Kier molecular flexibility index (Phi) is 2.78. The maximum Gasteiger partial charge on any atom is 0.298 e. The second-order valence-electron chi connectivity index (χ2n) is 3.46. The predicted octanol–water partition coefficient (Wildman–Crippen LogP) is 4.25. The van der Waals surface area contributed by atoms with Crippen molar-refractivity contribution in [1.29, 1.82) is 0 Å². The molecule has 5 heteroatoms. The Bertz CT molecular complexity index is 655. The van der Waals surface area contributed by atoms with Gasteiger partial charge in [0.25, 0.3) is 5.19 Å². The van der Waals surface area contributed by atoms with E-state index in [2.05, 4.69) is 31.4 Å². The maximum atomic E-state index is 5.59. The summed E-state index contributed by atoms with van der Waals surface area (Å²) in [6, 6.07) is 12.1. The first kappa shape index (κ1) is 10.7. The van der Waals surface area contributed by atoms with E-state index in [1.165, 1.54) is 23.2 Å². The molecule has 0 saturated carbocycles. The Morgan fingerprint density at radius 2 is 1.88 bits per heavy atom. The number of benzene rings is 2. The van der Waals surface area contributed by atoms with Crippen LogP contribution in [0.4, 0.5) is 0 Å². The van der Waals surface area contributed by atoms with Crippen LogP contribution in [0.2, 0.25) is 0 Å². The maximum absolute atomic E-state index is 5.59. The third kappa shape index (κ3) is 2.30. The van der Waals surface area contributed by atoms with Gasteiger partial charge in [0.05, 0.1) is 0 Å². The van der Waals surface area contributed by atoms with Crippen LogP contribution in [0.3, 0.4) is 0 Å². The fraction of sp³-hybridized carbons (Fsp3) is 0. The number of rotatable bonds is 2. The second-order valence-corrected chi connectivity index (χ2v) is 5.12. The van der Waals surface area contributed by atoms with Gasteiger partial charge < -0.3 is 4.74 Å². The number of nitrogens with zero attached hydrogens (tertiary/aromatic N) is 2. The van der Waals surface area contributed by atoms with Crippen LogP contribution < -0.4 is 4.74 Å². The van der Waals surface area contributed by atoms with Gasteiger partial charge in [0.15, 0.2) is 0 Å². The van der Waals surface area contributed by atoms with Crippen LogP contribution in [0.1, 0.15) is 0 Å². The molecule has 0 unspecified atom stereocenters. The first-order valence-corrected chi connectivity index (χ1v) is 6.52. The fourth-order valence-electron chi connectivity index (χ4n) is 1.57. The van der Waals surface area contributed by atoms with Crippen molar-refractivity contribution in [3.8, 4) is 10.9 Å². The van der Waals surface area contributed by atoms with E-state index in [-0.39, 0.29) is 0 Å². The SMILES string of the molecule is Brc1ccc2cc(Oc3ncns3)ccc2c1. The Labute approximate surface area is 110 Å². The lowest BCUT2D eigenvalue weighted by Crippen LogP contribution is -1.83. The Morgan fingerprint density at radius 3 is 2.71 bits per heavy atom. The monoisotopic (exact) mass is 306 g/mol. The van der Waals surface area contributed by atoms with Gasteiger partial charge in [-0.2, -0.15) is 9.36 Å². The second kappa shape index (κ2) is 4.43. The molecule has 2 aromatic carbocycles. The molecule has 0 radical (unpaired) electrons. The molecule has 1 aromatic heterocycles. The van der Waals surface area contributed by atoms with E-state index in [0.717, 1.165) is 15.6 Å². The van der Waals surface area contributed by atoms with Gasteiger partial charge in [-0.15, -0.1) is 0 Å². The Hall–Kier alpha value is -1.46. The minimum absolute atomic E-state index is 0.557. The first-order chi connectivity index (χ1) is 8.31. The summed E-state index contributed by atoms with van der Waals surface area (Å²) in [4.78, 5) is 3.98. The molecule has 0 aliphatic heterocycles. The smallest absolute Gasteiger partial charge is 0.298 e. The Balaban J connectivity index is 1.99. The highest BCUT2D eigenvalue weighted by molar-refractivity contribution is 9.10. The topological polar surface area (TPSA) is 35.0 Å². The summed E-state index contributed by atoms with van der Waals surface area (Å²) in [6.45, 7) is 0.